The molecular weight excluding hydrogens is 266 g/mol. The second-order valence-corrected chi connectivity index (χ2v) is 4.92. The summed E-state index contributed by atoms with van der Waals surface area (Å²) in [7, 11) is 1.67. The lowest BCUT2D eigenvalue weighted by atomic mass is 10.2. The van der Waals surface area contributed by atoms with E-state index in [-0.39, 0.29) is 0 Å². The highest BCUT2D eigenvalue weighted by Crippen LogP contribution is 2.17. The average molecular weight is 289 g/mol. The molecular formula is C17H23NO3. The molecule has 1 aromatic heterocycles. The van der Waals surface area contributed by atoms with Gasteiger partial charge in [-0.05, 0) is 37.2 Å². The Bertz CT molecular complexity index is 563. The van der Waals surface area contributed by atoms with Crippen molar-refractivity contribution >= 4 is 0 Å². The number of benzene rings is 1. The highest BCUT2D eigenvalue weighted by Gasteiger charge is 2.07. The molecule has 0 aliphatic heterocycles. The van der Waals surface area contributed by atoms with Gasteiger partial charge >= 0.3 is 0 Å². The van der Waals surface area contributed by atoms with Gasteiger partial charge in [-0.3, -0.25) is 0 Å². The fraction of sp³-hybridized carbons (Fsp3) is 0.412. The summed E-state index contributed by atoms with van der Waals surface area (Å²) in [4.78, 5) is 0. The Morgan fingerprint density at radius 3 is 2.81 bits per heavy atom. The third-order valence-corrected chi connectivity index (χ3v) is 3.28. The topological polar surface area (TPSA) is 43.6 Å². The smallest absolute Gasteiger partial charge is 0.119 e. The number of furan rings is 1. The first-order valence-electron chi connectivity index (χ1n) is 7.22. The summed E-state index contributed by atoms with van der Waals surface area (Å²) in [5, 5.41) is 3.25. The Morgan fingerprint density at radius 1 is 1.19 bits per heavy atom. The summed E-state index contributed by atoms with van der Waals surface area (Å²) in [5.41, 5.74) is 2.20. The predicted molar refractivity (Wildman–Crippen MR) is 82.3 cm³/mol. The minimum atomic E-state index is 0.554. The summed E-state index contributed by atoms with van der Waals surface area (Å²) in [5.74, 6) is 2.73. The van der Waals surface area contributed by atoms with Gasteiger partial charge < -0.3 is 19.2 Å². The number of aryl methyl sites for hydroxylation is 1. The third kappa shape index (κ3) is 4.62. The summed E-state index contributed by atoms with van der Waals surface area (Å²) in [6.07, 6.45) is 0. The molecule has 0 radical (unpaired) electrons. The molecule has 0 saturated heterocycles. The standard InChI is InChI=1S/C17H23NO3/c1-4-18-10-17-9-15(13(2)21-17)12-20-11-14-6-5-7-16(8-14)19-3/h5-9,18H,4,10-12H2,1-3H3. The highest BCUT2D eigenvalue weighted by molar-refractivity contribution is 5.28. The zero-order valence-electron chi connectivity index (χ0n) is 12.9. The van der Waals surface area contributed by atoms with E-state index in [9.17, 15) is 0 Å². The molecule has 2 rings (SSSR count). The van der Waals surface area contributed by atoms with E-state index < -0.39 is 0 Å². The van der Waals surface area contributed by atoms with Crippen molar-refractivity contribution in [2.45, 2.75) is 33.6 Å². The van der Waals surface area contributed by atoms with Crippen LogP contribution in [0.15, 0.2) is 34.7 Å². The summed E-state index contributed by atoms with van der Waals surface area (Å²) in [6, 6.07) is 9.97. The minimum Gasteiger partial charge on any atom is -0.497 e. The Morgan fingerprint density at radius 2 is 2.05 bits per heavy atom. The van der Waals surface area contributed by atoms with E-state index in [1.165, 1.54) is 0 Å². The van der Waals surface area contributed by atoms with Gasteiger partial charge in [-0.1, -0.05) is 19.1 Å². The van der Waals surface area contributed by atoms with Gasteiger partial charge in [-0.15, -0.1) is 0 Å². The summed E-state index contributed by atoms with van der Waals surface area (Å²) < 4.78 is 16.7. The first kappa shape index (κ1) is 15.6. The molecule has 114 valence electrons. The normalized spacial score (nSPS) is 10.8. The van der Waals surface area contributed by atoms with Gasteiger partial charge in [0.1, 0.15) is 17.3 Å². The van der Waals surface area contributed by atoms with Crippen LogP contribution in [-0.4, -0.2) is 13.7 Å². The van der Waals surface area contributed by atoms with Crippen molar-refractivity contribution < 1.29 is 13.9 Å². The van der Waals surface area contributed by atoms with Crippen molar-refractivity contribution in [1.82, 2.24) is 5.32 Å². The van der Waals surface area contributed by atoms with Crippen molar-refractivity contribution in [3.8, 4) is 5.75 Å². The minimum absolute atomic E-state index is 0.554. The Balaban J connectivity index is 1.86. The molecule has 0 atom stereocenters. The van der Waals surface area contributed by atoms with Crippen molar-refractivity contribution in [2.24, 2.45) is 0 Å². The first-order valence-corrected chi connectivity index (χ1v) is 7.22. The van der Waals surface area contributed by atoms with Crippen LogP contribution in [0, 0.1) is 6.92 Å². The molecule has 1 heterocycles. The lowest BCUT2D eigenvalue weighted by Crippen LogP contribution is -2.10. The van der Waals surface area contributed by atoms with E-state index in [4.69, 9.17) is 13.9 Å². The van der Waals surface area contributed by atoms with E-state index in [0.29, 0.717) is 13.2 Å². The van der Waals surface area contributed by atoms with Crippen LogP contribution < -0.4 is 10.1 Å². The first-order chi connectivity index (χ1) is 10.2. The maximum Gasteiger partial charge on any atom is 0.119 e. The number of hydrogen-bond donors (Lipinski definition) is 1. The van der Waals surface area contributed by atoms with E-state index in [1.54, 1.807) is 7.11 Å². The third-order valence-electron chi connectivity index (χ3n) is 3.28. The molecule has 0 aliphatic rings. The van der Waals surface area contributed by atoms with Gasteiger partial charge in [-0.2, -0.15) is 0 Å². The van der Waals surface area contributed by atoms with Crippen molar-refractivity contribution in [1.29, 1.82) is 0 Å². The molecule has 0 aliphatic carbocycles. The van der Waals surface area contributed by atoms with Crippen molar-refractivity contribution in [2.75, 3.05) is 13.7 Å². The molecule has 0 fully saturated rings. The van der Waals surface area contributed by atoms with E-state index in [0.717, 1.165) is 41.5 Å². The average Bonchev–Trinajstić information content (AvgIpc) is 2.86. The van der Waals surface area contributed by atoms with Gasteiger partial charge in [0.15, 0.2) is 0 Å². The van der Waals surface area contributed by atoms with Gasteiger partial charge in [0.05, 0.1) is 26.9 Å². The molecule has 0 saturated carbocycles. The Kier molecular flexibility index (Phi) is 5.84. The van der Waals surface area contributed by atoms with Gasteiger partial charge in [-0.25, -0.2) is 0 Å². The quantitative estimate of drug-likeness (QED) is 0.808. The van der Waals surface area contributed by atoms with Crippen LogP contribution in [0.3, 0.4) is 0 Å². The van der Waals surface area contributed by atoms with Crippen LogP contribution in [-0.2, 0) is 24.5 Å². The van der Waals surface area contributed by atoms with Gasteiger partial charge in [0, 0.05) is 5.56 Å². The van der Waals surface area contributed by atoms with Crippen LogP contribution in [0.25, 0.3) is 0 Å². The fourth-order valence-corrected chi connectivity index (χ4v) is 2.11. The van der Waals surface area contributed by atoms with Gasteiger partial charge in [0.25, 0.3) is 0 Å². The van der Waals surface area contributed by atoms with Crippen LogP contribution in [0.4, 0.5) is 0 Å². The zero-order chi connectivity index (χ0) is 15.1. The van der Waals surface area contributed by atoms with E-state index in [2.05, 4.69) is 18.3 Å². The monoisotopic (exact) mass is 289 g/mol. The largest absolute Gasteiger partial charge is 0.497 e. The lowest BCUT2D eigenvalue weighted by Gasteiger charge is -2.05. The van der Waals surface area contributed by atoms with E-state index in [1.807, 2.05) is 31.2 Å². The summed E-state index contributed by atoms with van der Waals surface area (Å²) >= 11 is 0. The second kappa shape index (κ2) is 7.86. The molecule has 4 nitrogen and oxygen atoms in total. The number of rotatable bonds is 8. The van der Waals surface area contributed by atoms with Crippen LogP contribution in [0.5, 0.6) is 5.75 Å². The second-order valence-electron chi connectivity index (χ2n) is 4.92. The Hall–Kier alpha value is -1.78. The number of hydrogen-bond acceptors (Lipinski definition) is 4. The predicted octanol–water partition coefficient (Wildman–Crippen LogP) is 3.42. The molecule has 0 bridgehead atoms. The lowest BCUT2D eigenvalue weighted by molar-refractivity contribution is 0.106. The van der Waals surface area contributed by atoms with Gasteiger partial charge in [0.2, 0.25) is 0 Å². The molecule has 1 N–H and O–H groups in total. The van der Waals surface area contributed by atoms with Crippen LogP contribution in [0.1, 0.15) is 29.6 Å². The molecule has 0 unspecified atom stereocenters. The Labute approximate surface area is 126 Å². The molecule has 0 amide bonds. The number of nitrogens with one attached hydrogen (secondary N) is 1. The van der Waals surface area contributed by atoms with E-state index >= 15 is 0 Å². The number of methoxy groups -OCH3 is 1. The highest BCUT2D eigenvalue weighted by atomic mass is 16.5. The maximum atomic E-state index is 5.77. The fourth-order valence-electron chi connectivity index (χ4n) is 2.11. The summed E-state index contributed by atoms with van der Waals surface area (Å²) in [6.45, 7) is 6.85. The maximum absolute atomic E-state index is 5.77. The molecule has 4 heteroatoms. The molecule has 1 aromatic carbocycles. The molecule has 0 spiro atoms. The molecule has 2 aromatic rings. The zero-order valence-corrected chi connectivity index (χ0v) is 12.9. The van der Waals surface area contributed by atoms with Crippen LogP contribution in [0.2, 0.25) is 0 Å². The molecule has 21 heavy (non-hydrogen) atoms. The van der Waals surface area contributed by atoms with Crippen LogP contribution >= 0.6 is 0 Å². The number of ether oxygens (including phenoxy) is 2. The van der Waals surface area contributed by atoms with Crippen molar-refractivity contribution in [3.63, 3.8) is 0 Å². The SMILES string of the molecule is CCNCc1cc(COCc2cccc(OC)c2)c(C)o1. The van der Waals surface area contributed by atoms with Crippen molar-refractivity contribution in [3.05, 3.63) is 53.0 Å².